The van der Waals surface area contributed by atoms with Crippen molar-refractivity contribution in [1.29, 1.82) is 0 Å². The number of esters is 1. The van der Waals surface area contributed by atoms with Crippen LogP contribution in [0.1, 0.15) is 35.9 Å². The molecule has 1 amide bonds. The number of nitrogens with zero attached hydrogens (tertiary/aromatic N) is 2. The minimum atomic E-state index is -0.892. The van der Waals surface area contributed by atoms with Crippen molar-refractivity contribution in [2.24, 2.45) is 11.8 Å². The van der Waals surface area contributed by atoms with Crippen molar-refractivity contribution in [3.8, 4) is 0 Å². The maximum Gasteiger partial charge on any atom is 0.519 e. The summed E-state index contributed by atoms with van der Waals surface area (Å²) in [6.07, 6.45) is 0.925. The highest BCUT2D eigenvalue weighted by Crippen LogP contribution is 2.51. The van der Waals surface area contributed by atoms with E-state index < -0.39 is 23.8 Å². The number of carbonyl (C=O) groups excluding carboxylic acids is 2. The summed E-state index contributed by atoms with van der Waals surface area (Å²) in [5, 5.41) is 21.2. The molecular weight excluding hydrogens is 472 g/mol. The van der Waals surface area contributed by atoms with Gasteiger partial charge in [0.05, 0.1) is 40.8 Å². The molecule has 2 aliphatic heterocycles. The molecule has 0 radical (unpaired) electrons. The molecule has 12 heteroatoms. The van der Waals surface area contributed by atoms with Crippen molar-refractivity contribution in [2.45, 2.75) is 46.1 Å². The van der Waals surface area contributed by atoms with Crippen LogP contribution in [0.25, 0.3) is 6.08 Å². The van der Waals surface area contributed by atoms with Crippen LogP contribution < -0.4 is 5.82 Å². The number of aryl methyl sites for hydroxylation is 1. The summed E-state index contributed by atoms with van der Waals surface area (Å²) in [7, 11) is 0. The summed E-state index contributed by atoms with van der Waals surface area (Å²) in [5.74, 6) is -2.51. The molecule has 0 aromatic carbocycles. The number of carbonyl (C=O) groups is 2. The SMILES string of the molecule is Cc1oc(=O)oc1COC(=O)C1=C(SC=Cc2scnc2CO)[C@H](C)[C@@H]2[C@@H]([C@@H](C)O)C(=O)N12. The second-order valence-corrected chi connectivity index (χ2v) is 9.55. The van der Waals surface area contributed by atoms with E-state index in [2.05, 4.69) is 4.98 Å². The molecule has 2 aromatic heterocycles. The average Bonchev–Trinajstić information content (AvgIpc) is 3.41. The normalized spacial score (nSPS) is 23.2. The Balaban J connectivity index is 1.59. The third-order valence-electron chi connectivity index (χ3n) is 5.71. The van der Waals surface area contributed by atoms with Crippen LogP contribution in [0.4, 0.5) is 0 Å². The number of ether oxygens (including phenoxy) is 1. The Morgan fingerprint density at radius 1 is 1.42 bits per heavy atom. The predicted molar refractivity (Wildman–Crippen MR) is 118 cm³/mol. The number of thiazole rings is 1. The summed E-state index contributed by atoms with van der Waals surface area (Å²) in [6.45, 7) is 4.45. The van der Waals surface area contributed by atoms with Crippen LogP contribution in [0.3, 0.4) is 0 Å². The van der Waals surface area contributed by atoms with Crippen molar-refractivity contribution >= 4 is 41.1 Å². The summed E-state index contributed by atoms with van der Waals surface area (Å²) in [5.41, 5.74) is 2.29. The van der Waals surface area contributed by atoms with E-state index in [1.165, 1.54) is 34.9 Å². The van der Waals surface area contributed by atoms with E-state index in [9.17, 15) is 24.6 Å². The van der Waals surface area contributed by atoms with Gasteiger partial charge in [-0.2, -0.15) is 0 Å². The molecule has 4 heterocycles. The zero-order valence-electron chi connectivity index (χ0n) is 18.0. The number of amides is 1. The number of hydrogen-bond acceptors (Lipinski definition) is 11. The Morgan fingerprint density at radius 3 is 2.82 bits per heavy atom. The predicted octanol–water partition coefficient (Wildman–Crippen LogP) is 2.01. The van der Waals surface area contributed by atoms with Gasteiger partial charge in [-0.3, -0.25) is 4.79 Å². The average molecular weight is 495 g/mol. The standard InChI is InChI=1S/C21H22N2O8S2/c1-9-16-15(10(2)25)19(26)23(16)17(20(27)29-7-13-11(3)30-21(28)31-13)18(9)32-5-4-14-12(6-24)22-8-33-14/h4-5,8-10,15-16,24-25H,6-7H2,1-3H3/t9-,10-,15-,16-/m1/s1. The number of β-lactam (4-membered cyclic amide) rings is 1. The number of aromatic nitrogens is 1. The van der Waals surface area contributed by atoms with Crippen molar-refractivity contribution in [1.82, 2.24) is 9.88 Å². The molecule has 176 valence electrons. The summed E-state index contributed by atoms with van der Waals surface area (Å²) >= 11 is 2.64. The van der Waals surface area contributed by atoms with E-state index in [0.717, 1.165) is 4.88 Å². The number of thioether (sulfide) groups is 1. The molecule has 0 aliphatic carbocycles. The molecule has 4 rings (SSSR count). The maximum absolute atomic E-state index is 13.0. The highest BCUT2D eigenvalue weighted by Gasteiger charge is 2.60. The van der Waals surface area contributed by atoms with Gasteiger partial charge in [0, 0.05) is 10.8 Å². The van der Waals surface area contributed by atoms with Crippen LogP contribution in [0, 0.1) is 18.8 Å². The number of rotatable bonds is 8. The van der Waals surface area contributed by atoms with Gasteiger partial charge in [0.25, 0.3) is 0 Å². The molecule has 0 spiro atoms. The lowest BCUT2D eigenvalue weighted by Crippen LogP contribution is -2.63. The van der Waals surface area contributed by atoms with Gasteiger partial charge in [-0.1, -0.05) is 18.7 Å². The minimum Gasteiger partial charge on any atom is -0.453 e. The Labute approximate surface area is 196 Å². The van der Waals surface area contributed by atoms with E-state index in [4.69, 9.17) is 13.6 Å². The summed E-state index contributed by atoms with van der Waals surface area (Å²) in [4.78, 5) is 43.9. The molecule has 10 nitrogen and oxygen atoms in total. The Morgan fingerprint density at radius 2 is 2.18 bits per heavy atom. The first-order chi connectivity index (χ1) is 15.7. The molecule has 0 unspecified atom stereocenters. The van der Waals surface area contributed by atoms with E-state index in [0.29, 0.717) is 10.6 Å². The van der Waals surface area contributed by atoms with E-state index in [1.54, 1.807) is 23.9 Å². The molecule has 2 aliphatic rings. The van der Waals surface area contributed by atoms with Gasteiger partial charge in [-0.15, -0.1) is 11.3 Å². The Bertz CT molecular complexity index is 1190. The Kier molecular flexibility index (Phi) is 6.61. The lowest BCUT2D eigenvalue weighted by molar-refractivity contribution is -0.164. The smallest absolute Gasteiger partial charge is 0.453 e. The molecule has 1 fully saturated rings. The van der Waals surface area contributed by atoms with Crippen molar-refractivity contribution in [2.75, 3.05) is 0 Å². The van der Waals surface area contributed by atoms with Gasteiger partial charge >= 0.3 is 11.8 Å². The molecule has 0 saturated carbocycles. The summed E-state index contributed by atoms with van der Waals surface area (Å²) in [6, 6.07) is -0.360. The molecule has 4 atom stereocenters. The van der Waals surface area contributed by atoms with Gasteiger partial charge in [0.2, 0.25) is 5.91 Å². The van der Waals surface area contributed by atoms with E-state index in [1.807, 2.05) is 6.92 Å². The van der Waals surface area contributed by atoms with Crippen molar-refractivity contribution in [3.63, 3.8) is 0 Å². The van der Waals surface area contributed by atoms with Crippen LogP contribution in [0.2, 0.25) is 0 Å². The molecule has 1 saturated heterocycles. The zero-order valence-corrected chi connectivity index (χ0v) is 19.6. The number of hydrogen-bond donors (Lipinski definition) is 2. The number of fused-ring (bicyclic) bond motifs is 1. The third-order valence-corrected chi connectivity index (χ3v) is 7.64. The first kappa shape index (κ1) is 23.5. The topological polar surface area (TPSA) is 143 Å². The second kappa shape index (κ2) is 9.29. The van der Waals surface area contributed by atoms with E-state index >= 15 is 0 Å². The van der Waals surface area contributed by atoms with Crippen LogP contribution in [0.5, 0.6) is 0 Å². The third kappa shape index (κ3) is 4.19. The van der Waals surface area contributed by atoms with Crippen LogP contribution in [-0.2, 0) is 27.5 Å². The van der Waals surface area contributed by atoms with Crippen molar-refractivity contribution in [3.05, 3.63) is 54.2 Å². The molecule has 33 heavy (non-hydrogen) atoms. The molecule has 0 bridgehead atoms. The first-order valence-corrected chi connectivity index (χ1v) is 11.9. The maximum atomic E-state index is 13.0. The lowest BCUT2D eigenvalue weighted by atomic mass is 9.79. The zero-order chi connectivity index (χ0) is 23.9. The fourth-order valence-corrected chi connectivity index (χ4v) is 5.85. The van der Waals surface area contributed by atoms with Crippen LogP contribution in [0.15, 0.2) is 35.1 Å². The van der Waals surface area contributed by atoms with Gasteiger partial charge < -0.3 is 28.7 Å². The van der Waals surface area contributed by atoms with Gasteiger partial charge in [0.15, 0.2) is 18.1 Å². The minimum absolute atomic E-state index is 0.0872. The monoisotopic (exact) mass is 494 g/mol. The second-order valence-electron chi connectivity index (χ2n) is 7.72. The largest absolute Gasteiger partial charge is 0.519 e. The number of aliphatic hydroxyl groups excluding tert-OH is 2. The van der Waals surface area contributed by atoms with Gasteiger partial charge in [0.1, 0.15) is 5.70 Å². The summed E-state index contributed by atoms with van der Waals surface area (Å²) < 4.78 is 15.0. The highest BCUT2D eigenvalue weighted by molar-refractivity contribution is 8.06. The van der Waals surface area contributed by atoms with Crippen LogP contribution in [-0.4, -0.2) is 44.1 Å². The number of aliphatic hydroxyl groups is 2. The van der Waals surface area contributed by atoms with Gasteiger partial charge in [-0.25, -0.2) is 14.6 Å². The quantitative estimate of drug-likeness (QED) is 0.413. The lowest BCUT2D eigenvalue weighted by Gasteiger charge is -2.46. The molecular formula is C21H22N2O8S2. The van der Waals surface area contributed by atoms with Crippen LogP contribution >= 0.6 is 23.1 Å². The fraction of sp³-hybridized carbons (Fsp3) is 0.429. The first-order valence-electron chi connectivity index (χ1n) is 10.1. The fourth-order valence-electron chi connectivity index (χ4n) is 4.08. The molecule has 2 aromatic rings. The van der Waals surface area contributed by atoms with E-state index in [-0.39, 0.29) is 48.3 Å². The Hall–Kier alpha value is -2.67. The van der Waals surface area contributed by atoms with Gasteiger partial charge in [-0.05, 0) is 25.3 Å². The highest BCUT2D eigenvalue weighted by atomic mass is 32.2. The molecule has 2 N–H and O–H groups in total. The van der Waals surface area contributed by atoms with Crippen molar-refractivity contribution < 1.29 is 33.4 Å².